The highest BCUT2D eigenvalue weighted by Gasteiger charge is 2.21. The number of hydrogen-bond acceptors (Lipinski definition) is 4. The molecule has 1 aromatic heterocycles. The highest BCUT2D eigenvalue weighted by molar-refractivity contribution is 6.00. The van der Waals surface area contributed by atoms with Crippen molar-refractivity contribution in [2.24, 2.45) is 5.16 Å². The number of nitrogens with zero attached hydrogens (tertiary/aromatic N) is 3. The van der Waals surface area contributed by atoms with Gasteiger partial charge in [0.05, 0.1) is 5.56 Å². The number of ether oxygens (including phenoxy) is 1. The van der Waals surface area contributed by atoms with Gasteiger partial charge in [-0.05, 0) is 80.3 Å². The first-order valence-electron chi connectivity index (χ1n) is 9.57. The lowest BCUT2D eigenvalue weighted by molar-refractivity contribution is 0.285. The molecule has 1 aromatic carbocycles. The number of piperidine rings is 1. The van der Waals surface area contributed by atoms with E-state index in [0.717, 1.165) is 50.1 Å². The molecule has 4 rings (SSSR count). The van der Waals surface area contributed by atoms with Crippen LogP contribution in [0.2, 0.25) is 0 Å². The molecule has 1 fully saturated rings. The lowest BCUT2D eigenvalue weighted by atomic mass is 9.92. The highest BCUT2D eigenvalue weighted by Crippen LogP contribution is 2.29. The maximum atomic E-state index is 9.64. The first-order valence-corrected chi connectivity index (χ1v) is 9.57. The zero-order valence-electron chi connectivity index (χ0n) is 15.0. The van der Waals surface area contributed by atoms with Gasteiger partial charge in [-0.25, -0.2) is 4.98 Å². The molecule has 26 heavy (non-hydrogen) atoms. The van der Waals surface area contributed by atoms with E-state index in [9.17, 15) is 5.21 Å². The van der Waals surface area contributed by atoms with Gasteiger partial charge < -0.3 is 14.8 Å². The van der Waals surface area contributed by atoms with Crippen LogP contribution in [0.1, 0.15) is 48.8 Å². The molecule has 2 aliphatic rings. The Morgan fingerprint density at radius 2 is 1.81 bits per heavy atom. The summed E-state index contributed by atoms with van der Waals surface area (Å²) in [6, 6.07) is 10.1. The van der Waals surface area contributed by atoms with E-state index >= 15 is 0 Å². The van der Waals surface area contributed by atoms with E-state index in [4.69, 9.17) is 4.74 Å². The summed E-state index contributed by atoms with van der Waals surface area (Å²) >= 11 is 0. The second kappa shape index (κ2) is 7.77. The number of amidine groups is 1. The number of oxime groups is 1. The molecule has 0 saturated carbocycles. The summed E-state index contributed by atoms with van der Waals surface area (Å²) in [5.74, 6) is 1.83. The Kier molecular flexibility index (Phi) is 5.04. The molecule has 136 valence electrons. The average molecular weight is 351 g/mol. The Balaban J connectivity index is 1.61. The zero-order chi connectivity index (χ0) is 17.8. The minimum atomic E-state index is 0.488. The van der Waals surface area contributed by atoms with Crippen LogP contribution in [0.4, 0.5) is 0 Å². The topological polar surface area (TPSA) is 58.0 Å². The fourth-order valence-electron chi connectivity index (χ4n) is 3.92. The molecule has 0 atom stereocenters. The van der Waals surface area contributed by atoms with Crippen molar-refractivity contribution >= 4 is 5.84 Å². The predicted octanol–water partition coefficient (Wildman–Crippen LogP) is 4.37. The number of hydrogen-bond donors (Lipinski definition) is 1. The number of pyridine rings is 1. The molecule has 0 bridgehead atoms. The molecule has 0 spiro atoms. The monoisotopic (exact) mass is 351 g/mol. The first-order chi connectivity index (χ1) is 12.8. The minimum absolute atomic E-state index is 0.488. The summed E-state index contributed by atoms with van der Waals surface area (Å²) in [6.07, 6.45) is 9.93. The molecule has 5 heteroatoms. The van der Waals surface area contributed by atoms with Gasteiger partial charge >= 0.3 is 0 Å². The number of rotatable bonds is 3. The van der Waals surface area contributed by atoms with Crippen LogP contribution in [0.5, 0.6) is 11.6 Å². The van der Waals surface area contributed by atoms with Gasteiger partial charge in [0, 0.05) is 19.3 Å². The number of fused-ring (bicyclic) bond motifs is 1. The number of benzene rings is 1. The number of aryl methyl sites for hydroxylation is 2. The predicted molar refractivity (Wildman–Crippen MR) is 101 cm³/mol. The van der Waals surface area contributed by atoms with Crippen molar-refractivity contribution in [1.82, 2.24) is 9.88 Å². The Morgan fingerprint density at radius 3 is 2.62 bits per heavy atom. The minimum Gasteiger partial charge on any atom is -0.438 e. The summed E-state index contributed by atoms with van der Waals surface area (Å²) < 4.78 is 6.12. The quantitative estimate of drug-likeness (QED) is 0.386. The second-order valence-electron chi connectivity index (χ2n) is 7.07. The molecule has 0 unspecified atom stereocenters. The third-order valence-electron chi connectivity index (χ3n) is 5.30. The van der Waals surface area contributed by atoms with Crippen LogP contribution < -0.4 is 4.74 Å². The van der Waals surface area contributed by atoms with Gasteiger partial charge in [-0.1, -0.05) is 11.2 Å². The van der Waals surface area contributed by atoms with E-state index in [1.165, 1.54) is 30.4 Å². The zero-order valence-corrected chi connectivity index (χ0v) is 15.0. The molecular weight excluding hydrogens is 326 g/mol. The molecule has 2 aromatic rings. The van der Waals surface area contributed by atoms with Crippen molar-refractivity contribution < 1.29 is 9.94 Å². The van der Waals surface area contributed by atoms with Crippen molar-refractivity contribution in [3.8, 4) is 11.6 Å². The van der Waals surface area contributed by atoms with E-state index < -0.39 is 0 Å². The Hall–Kier alpha value is -2.56. The Bertz CT molecular complexity index is 798. The second-order valence-corrected chi connectivity index (χ2v) is 7.07. The standard InChI is InChI=1S/C21H25N3O2/c25-23-20(24-13-4-1-5-14-24)19-9-6-12-22-21(19)26-18-11-10-16-7-2-3-8-17(16)15-18/h6,9-12,15,25H,1-5,7-8,13-14H2/b23-20-. The smallest absolute Gasteiger partial charge is 0.230 e. The molecule has 1 N–H and O–H groups in total. The van der Waals surface area contributed by atoms with Gasteiger partial charge in [-0.15, -0.1) is 0 Å². The third kappa shape index (κ3) is 3.52. The third-order valence-corrected chi connectivity index (χ3v) is 5.30. The van der Waals surface area contributed by atoms with Gasteiger partial charge in [-0.3, -0.25) is 0 Å². The summed E-state index contributed by atoms with van der Waals surface area (Å²) in [6.45, 7) is 1.79. The van der Waals surface area contributed by atoms with E-state index in [0.29, 0.717) is 11.7 Å². The van der Waals surface area contributed by atoms with Gasteiger partial charge in [0.2, 0.25) is 5.88 Å². The molecule has 0 amide bonds. The fourth-order valence-corrected chi connectivity index (χ4v) is 3.92. The molecule has 1 aliphatic carbocycles. The van der Waals surface area contributed by atoms with Crippen LogP contribution in [0.3, 0.4) is 0 Å². The van der Waals surface area contributed by atoms with Crippen LogP contribution in [-0.2, 0) is 12.8 Å². The normalized spacial score (nSPS) is 17.7. The van der Waals surface area contributed by atoms with E-state index in [1.807, 2.05) is 18.2 Å². The van der Waals surface area contributed by atoms with Crippen LogP contribution in [0.25, 0.3) is 0 Å². The van der Waals surface area contributed by atoms with Crippen molar-refractivity contribution in [3.05, 3.63) is 53.2 Å². The Labute approximate surface area is 154 Å². The summed E-state index contributed by atoms with van der Waals surface area (Å²) in [5, 5.41) is 13.2. The van der Waals surface area contributed by atoms with Crippen molar-refractivity contribution in [2.75, 3.05) is 13.1 Å². The van der Waals surface area contributed by atoms with Gasteiger partial charge in [0.1, 0.15) is 5.75 Å². The lowest BCUT2D eigenvalue weighted by Crippen LogP contribution is -2.36. The van der Waals surface area contributed by atoms with Crippen LogP contribution in [-0.4, -0.2) is 34.0 Å². The summed E-state index contributed by atoms with van der Waals surface area (Å²) in [7, 11) is 0. The van der Waals surface area contributed by atoms with E-state index in [2.05, 4.69) is 27.2 Å². The molecule has 2 heterocycles. The van der Waals surface area contributed by atoms with Crippen LogP contribution in [0.15, 0.2) is 41.7 Å². The average Bonchev–Trinajstić information content (AvgIpc) is 2.71. The first kappa shape index (κ1) is 16.9. The molecule has 1 saturated heterocycles. The highest BCUT2D eigenvalue weighted by atomic mass is 16.5. The van der Waals surface area contributed by atoms with Gasteiger partial charge in [0.25, 0.3) is 0 Å². The molecule has 1 aliphatic heterocycles. The molecule has 0 radical (unpaired) electrons. The van der Waals surface area contributed by atoms with E-state index in [1.54, 1.807) is 6.20 Å². The summed E-state index contributed by atoms with van der Waals surface area (Å²) in [5.41, 5.74) is 3.53. The maximum Gasteiger partial charge on any atom is 0.230 e. The fraction of sp³-hybridized carbons (Fsp3) is 0.429. The van der Waals surface area contributed by atoms with Crippen LogP contribution in [0, 0.1) is 0 Å². The Morgan fingerprint density at radius 1 is 1.00 bits per heavy atom. The van der Waals surface area contributed by atoms with E-state index in [-0.39, 0.29) is 0 Å². The number of likely N-dealkylation sites (tertiary alicyclic amines) is 1. The van der Waals surface area contributed by atoms with Crippen molar-refractivity contribution in [1.29, 1.82) is 0 Å². The maximum absolute atomic E-state index is 9.64. The van der Waals surface area contributed by atoms with Crippen LogP contribution >= 0.6 is 0 Å². The largest absolute Gasteiger partial charge is 0.438 e. The summed E-state index contributed by atoms with van der Waals surface area (Å²) in [4.78, 5) is 6.52. The molecule has 5 nitrogen and oxygen atoms in total. The molecular formula is C21H25N3O2. The van der Waals surface area contributed by atoms with Crippen molar-refractivity contribution in [3.63, 3.8) is 0 Å². The van der Waals surface area contributed by atoms with Gasteiger partial charge in [-0.2, -0.15) is 0 Å². The lowest BCUT2D eigenvalue weighted by Gasteiger charge is -2.29. The van der Waals surface area contributed by atoms with Crippen molar-refractivity contribution in [2.45, 2.75) is 44.9 Å². The van der Waals surface area contributed by atoms with Gasteiger partial charge in [0.15, 0.2) is 5.84 Å². The SMILES string of the molecule is O/N=C(/c1cccnc1Oc1ccc2c(c1)CCCC2)N1CCCCC1. The number of aromatic nitrogens is 1.